The number of aryl methyl sites for hydroxylation is 1. The highest BCUT2D eigenvalue weighted by Crippen LogP contribution is 2.09. The molecule has 4 heteroatoms. The maximum Gasteiger partial charge on any atom is 0.139 e. The fraction of sp³-hybridized carbons (Fsp3) is 0.625. The fourth-order valence-electron chi connectivity index (χ4n) is 0.945. The first-order chi connectivity index (χ1) is 5.72. The van der Waals surface area contributed by atoms with E-state index in [1.165, 1.54) is 11.3 Å². The molecular formula is C8H12N2OS. The third-order valence-corrected chi connectivity index (χ3v) is 2.28. The first kappa shape index (κ1) is 9.32. The maximum absolute atomic E-state index is 11.2. The van der Waals surface area contributed by atoms with E-state index in [0.717, 1.165) is 16.4 Å². The standard InChI is InChI=1S/C8H12N2OS/c1-3-4-7(11)5-8-10-9-6(2)12-8/h3-5H2,1-2H3. The van der Waals surface area contributed by atoms with Crippen LogP contribution in [0, 0.1) is 6.92 Å². The minimum Gasteiger partial charge on any atom is -0.299 e. The number of nitrogens with zero attached hydrogens (tertiary/aromatic N) is 2. The van der Waals surface area contributed by atoms with E-state index in [9.17, 15) is 4.79 Å². The van der Waals surface area contributed by atoms with Crippen LogP contribution in [-0.2, 0) is 11.2 Å². The molecule has 0 aliphatic carbocycles. The van der Waals surface area contributed by atoms with E-state index >= 15 is 0 Å². The van der Waals surface area contributed by atoms with Crippen LogP contribution in [0.1, 0.15) is 29.8 Å². The summed E-state index contributed by atoms with van der Waals surface area (Å²) in [6.07, 6.45) is 2.02. The van der Waals surface area contributed by atoms with Gasteiger partial charge < -0.3 is 0 Å². The minimum absolute atomic E-state index is 0.258. The predicted molar refractivity (Wildman–Crippen MR) is 48.3 cm³/mol. The lowest BCUT2D eigenvalue weighted by Crippen LogP contribution is -2.01. The largest absolute Gasteiger partial charge is 0.299 e. The first-order valence-corrected chi connectivity index (χ1v) is 4.84. The van der Waals surface area contributed by atoms with Gasteiger partial charge in [0, 0.05) is 6.42 Å². The predicted octanol–water partition coefficient (Wildman–Crippen LogP) is 1.76. The van der Waals surface area contributed by atoms with Crippen molar-refractivity contribution < 1.29 is 4.79 Å². The molecule has 0 radical (unpaired) electrons. The van der Waals surface area contributed by atoms with Crippen LogP contribution in [0.5, 0.6) is 0 Å². The molecule has 0 bridgehead atoms. The Hall–Kier alpha value is -0.770. The second kappa shape index (κ2) is 4.30. The highest BCUT2D eigenvalue weighted by atomic mass is 32.1. The molecule has 1 aromatic heterocycles. The lowest BCUT2D eigenvalue weighted by Gasteiger charge is -1.92. The molecule has 0 unspecified atom stereocenters. The van der Waals surface area contributed by atoms with E-state index in [4.69, 9.17) is 0 Å². The van der Waals surface area contributed by atoms with Gasteiger partial charge in [0.05, 0.1) is 6.42 Å². The van der Waals surface area contributed by atoms with Crippen LogP contribution in [0.3, 0.4) is 0 Å². The van der Waals surface area contributed by atoms with Crippen LogP contribution in [-0.4, -0.2) is 16.0 Å². The number of ketones is 1. The quantitative estimate of drug-likeness (QED) is 0.716. The molecule has 0 fully saturated rings. The summed E-state index contributed by atoms with van der Waals surface area (Å²) >= 11 is 1.50. The zero-order valence-corrected chi connectivity index (χ0v) is 8.15. The van der Waals surface area contributed by atoms with Crippen molar-refractivity contribution in [2.75, 3.05) is 0 Å². The van der Waals surface area contributed by atoms with Gasteiger partial charge in [0.1, 0.15) is 15.8 Å². The Morgan fingerprint density at radius 3 is 2.75 bits per heavy atom. The van der Waals surface area contributed by atoms with E-state index in [1.54, 1.807) is 0 Å². The second-order valence-electron chi connectivity index (χ2n) is 2.68. The zero-order chi connectivity index (χ0) is 8.97. The number of carbonyl (C=O) groups is 1. The van der Waals surface area contributed by atoms with Crippen molar-refractivity contribution in [2.45, 2.75) is 33.1 Å². The van der Waals surface area contributed by atoms with Crippen molar-refractivity contribution in [1.29, 1.82) is 0 Å². The van der Waals surface area contributed by atoms with Gasteiger partial charge in [0.2, 0.25) is 0 Å². The van der Waals surface area contributed by atoms with Crippen molar-refractivity contribution in [1.82, 2.24) is 10.2 Å². The Kier molecular flexibility index (Phi) is 3.34. The van der Waals surface area contributed by atoms with Crippen LogP contribution in [0.15, 0.2) is 0 Å². The van der Waals surface area contributed by atoms with E-state index < -0.39 is 0 Å². The lowest BCUT2D eigenvalue weighted by atomic mass is 10.2. The smallest absolute Gasteiger partial charge is 0.139 e. The Bertz CT molecular complexity index is 270. The molecule has 1 heterocycles. The van der Waals surface area contributed by atoms with Gasteiger partial charge in [-0.2, -0.15) is 0 Å². The lowest BCUT2D eigenvalue weighted by molar-refractivity contribution is -0.118. The van der Waals surface area contributed by atoms with Crippen LogP contribution in [0.4, 0.5) is 0 Å². The Balaban J connectivity index is 2.46. The van der Waals surface area contributed by atoms with Gasteiger partial charge in [0.15, 0.2) is 0 Å². The molecular weight excluding hydrogens is 172 g/mol. The molecule has 0 saturated heterocycles. The monoisotopic (exact) mass is 184 g/mol. The molecule has 0 aliphatic rings. The summed E-state index contributed by atoms with van der Waals surface area (Å²) in [6.45, 7) is 3.90. The number of hydrogen-bond donors (Lipinski definition) is 0. The number of rotatable bonds is 4. The summed E-state index contributed by atoms with van der Waals surface area (Å²) in [4.78, 5) is 11.2. The molecule has 12 heavy (non-hydrogen) atoms. The molecule has 0 atom stereocenters. The molecule has 66 valence electrons. The van der Waals surface area contributed by atoms with Crippen molar-refractivity contribution in [3.63, 3.8) is 0 Å². The summed E-state index contributed by atoms with van der Waals surface area (Å²) in [5, 5.41) is 9.50. The second-order valence-corrected chi connectivity index (χ2v) is 3.95. The SMILES string of the molecule is CCCC(=O)Cc1nnc(C)s1. The average molecular weight is 184 g/mol. The van der Waals surface area contributed by atoms with Gasteiger partial charge in [-0.25, -0.2) is 0 Å². The van der Waals surface area contributed by atoms with Gasteiger partial charge in [-0.05, 0) is 13.3 Å². The molecule has 0 spiro atoms. The summed E-state index contributed by atoms with van der Waals surface area (Å²) in [5.74, 6) is 0.258. The van der Waals surface area contributed by atoms with Gasteiger partial charge in [-0.3, -0.25) is 4.79 Å². The van der Waals surface area contributed by atoms with Crippen molar-refractivity contribution in [2.24, 2.45) is 0 Å². The third kappa shape index (κ3) is 2.70. The number of hydrogen-bond acceptors (Lipinski definition) is 4. The molecule has 0 aliphatic heterocycles. The minimum atomic E-state index is 0.258. The third-order valence-electron chi connectivity index (χ3n) is 1.45. The Labute approximate surface area is 75.8 Å². The highest BCUT2D eigenvalue weighted by molar-refractivity contribution is 7.11. The van der Waals surface area contributed by atoms with Crippen molar-refractivity contribution in [3.05, 3.63) is 10.0 Å². The van der Waals surface area contributed by atoms with Crippen molar-refractivity contribution >= 4 is 17.1 Å². The zero-order valence-electron chi connectivity index (χ0n) is 7.33. The van der Waals surface area contributed by atoms with E-state index in [2.05, 4.69) is 10.2 Å². The molecule has 0 amide bonds. The maximum atomic E-state index is 11.2. The molecule has 1 rings (SSSR count). The first-order valence-electron chi connectivity index (χ1n) is 4.03. The van der Waals surface area contributed by atoms with Gasteiger partial charge in [-0.15, -0.1) is 21.5 Å². The van der Waals surface area contributed by atoms with Gasteiger partial charge in [0.25, 0.3) is 0 Å². The summed E-state index contributed by atoms with van der Waals surface area (Å²) in [7, 11) is 0. The Morgan fingerprint density at radius 2 is 2.25 bits per heavy atom. The molecule has 3 nitrogen and oxygen atoms in total. The molecule has 0 N–H and O–H groups in total. The molecule has 1 aromatic rings. The fourth-order valence-corrected chi connectivity index (χ4v) is 1.68. The van der Waals surface area contributed by atoms with Crippen LogP contribution in [0.25, 0.3) is 0 Å². The number of Topliss-reactive ketones (excluding diaryl/α,β-unsaturated/α-hetero) is 1. The summed E-state index contributed by atoms with van der Waals surface area (Å²) in [6, 6.07) is 0. The number of aromatic nitrogens is 2. The van der Waals surface area contributed by atoms with Crippen LogP contribution < -0.4 is 0 Å². The Morgan fingerprint density at radius 1 is 1.50 bits per heavy atom. The molecule has 0 aromatic carbocycles. The van der Waals surface area contributed by atoms with Crippen LogP contribution >= 0.6 is 11.3 Å². The van der Waals surface area contributed by atoms with Crippen molar-refractivity contribution in [3.8, 4) is 0 Å². The van der Waals surface area contributed by atoms with Gasteiger partial charge in [-0.1, -0.05) is 6.92 Å². The van der Waals surface area contributed by atoms with E-state index in [0.29, 0.717) is 12.8 Å². The van der Waals surface area contributed by atoms with Crippen LogP contribution in [0.2, 0.25) is 0 Å². The number of carbonyl (C=O) groups excluding carboxylic acids is 1. The molecule has 0 saturated carbocycles. The van der Waals surface area contributed by atoms with Gasteiger partial charge >= 0.3 is 0 Å². The topological polar surface area (TPSA) is 42.9 Å². The summed E-state index contributed by atoms with van der Waals surface area (Å²) in [5.41, 5.74) is 0. The summed E-state index contributed by atoms with van der Waals surface area (Å²) < 4.78 is 0. The van der Waals surface area contributed by atoms with E-state index in [-0.39, 0.29) is 5.78 Å². The van der Waals surface area contributed by atoms with E-state index in [1.807, 2.05) is 13.8 Å². The normalized spacial score (nSPS) is 10.2. The average Bonchev–Trinajstić information content (AvgIpc) is 2.36. The highest BCUT2D eigenvalue weighted by Gasteiger charge is 2.06.